The molecule has 1 heterocycles. The highest BCUT2D eigenvalue weighted by Crippen LogP contribution is 2.28. The van der Waals surface area contributed by atoms with E-state index in [0.29, 0.717) is 25.3 Å². The van der Waals surface area contributed by atoms with Crippen LogP contribution in [0.1, 0.15) is 16.7 Å². The average Bonchev–Trinajstić information content (AvgIpc) is 2.61. The van der Waals surface area contributed by atoms with Gasteiger partial charge in [0.25, 0.3) is 0 Å². The Bertz CT molecular complexity index is 863. The Kier molecular flexibility index (Phi) is 5.13. The van der Waals surface area contributed by atoms with Gasteiger partial charge in [-0.3, -0.25) is 0 Å². The predicted octanol–water partition coefficient (Wildman–Crippen LogP) is 2.77. The van der Waals surface area contributed by atoms with E-state index in [9.17, 15) is 8.42 Å². The maximum Gasteiger partial charge on any atom is 0.246 e. The lowest BCUT2D eigenvalue weighted by atomic mass is 9.99. The Morgan fingerprint density at radius 3 is 2.64 bits per heavy atom. The third-order valence-corrected chi connectivity index (χ3v) is 6.35. The molecule has 6 heteroatoms. The van der Waals surface area contributed by atoms with Crippen LogP contribution in [0.15, 0.2) is 47.4 Å². The first-order valence-corrected chi connectivity index (χ1v) is 9.65. The minimum absolute atomic E-state index is 0.162. The van der Waals surface area contributed by atoms with E-state index in [-0.39, 0.29) is 11.0 Å². The van der Waals surface area contributed by atoms with Gasteiger partial charge in [-0.15, -0.1) is 0 Å². The van der Waals surface area contributed by atoms with Gasteiger partial charge in [0.05, 0.1) is 19.8 Å². The standard InChI is InChI=1S/C19H23NO4S/c1-14-8-9-18(23-3)19(10-14)25(21,22)20(2)12-17-11-15-6-4-5-7-16(15)13-24-17/h4-10,17H,11-13H2,1-3H3. The van der Waals surface area contributed by atoms with Crippen molar-refractivity contribution in [1.82, 2.24) is 4.31 Å². The molecule has 1 atom stereocenters. The van der Waals surface area contributed by atoms with Gasteiger partial charge >= 0.3 is 0 Å². The van der Waals surface area contributed by atoms with E-state index in [1.165, 1.54) is 22.5 Å². The fraction of sp³-hybridized carbons (Fsp3) is 0.368. The van der Waals surface area contributed by atoms with Gasteiger partial charge in [-0.1, -0.05) is 30.3 Å². The van der Waals surface area contributed by atoms with Crippen molar-refractivity contribution in [1.29, 1.82) is 0 Å². The number of rotatable bonds is 5. The Balaban J connectivity index is 1.79. The van der Waals surface area contributed by atoms with Gasteiger partial charge in [-0.2, -0.15) is 4.31 Å². The number of sulfonamides is 1. The molecule has 0 radical (unpaired) electrons. The van der Waals surface area contributed by atoms with Crippen LogP contribution in [-0.4, -0.2) is 39.5 Å². The van der Waals surface area contributed by atoms with Crippen LogP contribution in [-0.2, 0) is 27.8 Å². The van der Waals surface area contributed by atoms with Crippen LogP contribution in [0.4, 0.5) is 0 Å². The van der Waals surface area contributed by atoms with E-state index in [1.807, 2.05) is 31.2 Å². The molecule has 3 rings (SSSR count). The molecule has 1 aliphatic rings. The molecule has 134 valence electrons. The Morgan fingerprint density at radius 1 is 1.20 bits per heavy atom. The van der Waals surface area contributed by atoms with Crippen LogP contribution in [0.2, 0.25) is 0 Å². The Hall–Kier alpha value is -1.89. The fourth-order valence-corrected chi connectivity index (χ4v) is 4.50. The lowest BCUT2D eigenvalue weighted by Crippen LogP contribution is -2.38. The van der Waals surface area contributed by atoms with Crippen LogP contribution in [0.5, 0.6) is 5.75 Å². The Morgan fingerprint density at radius 2 is 1.92 bits per heavy atom. The second-order valence-electron chi connectivity index (χ2n) is 6.35. The molecule has 1 aliphatic heterocycles. The largest absolute Gasteiger partial charge is 0.495 e. The molecule has 1 unspecified atom stereocenters. The molecule has 0 saturated carbocycles. The molecule has 2 aromatic rings. The Labute approximate surface area is 149 Å². The molecule has 0 fully saturated rings. The first-order chi connectivity index (χ1) is 11.9. The molecular formula is C19H23NO4S. The van der Waals surface area contributed by atoms with Crippen molar-refractivity contribution < 1.29 is 17.9 Å². The predicted molar refractivity (Wildman–Crippen MR) is 96.3 cm³/mol. The maximum atomic E-state index is 13.0. The number of likely N-dealkylation sites (N-methyl/N-ethyl adjacent to an activating group) is 1. The second-order valence-corrected chi connectivity index (χ2v) is 8.36. The van der Waals surface area contributed by atoms with E-state index in [0.717, 1.165) is 5.56 Å². The summed E-state index contributed by atoms with van der Waals surface area (Å²) in [6.45, 7) is 2.68. The van der Waals surface area contributed by atoms with Gasteiger partial charge in [0.1, 0.15) is 10.6 Å². The zero-order valence-electron chi connectivity index (χ0n) is 14.7. The molecule has 0 amide bonds. The molecule has 25 heavy (non-hydrogen) atoms. The summed E-state index contributed by atoms with van der Waals surface area (Å²) in [7, 11) is -0.591. The summed E-state index contributed by atoms with van der Waals surface area (Å²) in [6, 6.07) is 13.3. The van der Waals surface area contributed by atoms with Crippen molar-refractivity contribution in [2.45, 2.75) is 31.0 Å². The monoisotopic (exact) mass is 361 g/mol. The van der Waals surface area contributed by atoms with Crippen molar-refractivity contribution in [2.24, 2.45) is 0 Å². The highest BCUT2D eigenvalue weighted by atomic mass is 32.2. The van der Waals surface area contributed by atoms with Crippen LogP contribution < -0.4 is 4.74 Å². The summed E-state index contributed by atoms with van der Waals surface area (Å²) < 4.78 is 38.4. The van der Waals surface area contributed by atoms with Crippen LogP contribution in [0.3, 0.4) is 0 Å². The lowest BCUT2D eigenvalue weighted by molar-refractivity contribution is 0.0202. The normalized spacial score (nSPS) is 17.4. The first kappa shape index (κ1) is 17.9. The SMILES string of the molecule is COc1ccc(C)cc1S(=O)(=O)N(C)CC1Cc2ccccc2CO1. The summed E-state index contributed by atoms with van der Waals surface area (Å²) in [5.41, 5.74) is 3.26. The number of hydrogen-bond acceptors (Lipinski definition) is 4. The molecule has 0 saturated heterocycles. The number of hydrogen-bond donors (Lipinski definition) is 0. The van der Waals surface area contributed by atoms with Gasteiger partial charge in [-0.25, -0.2) is 8.42 Å². The molecule has 0 spiro atoms. The molecule has 2 aromatic carbocycles. The minimum atomic E-state index is -3.65. The van der Waals surface area contributed by atoms with Crippen molar-refractivity contribution in [3.05, 3.63) is 59.2 Å². The fourth-order valence-electron chi connectivity index (χ4n) is 3.06. The van der Waals surface area contributed by atoms with Gasteiger partial charge < -0.3 is 9.47 Å². The lowest BCUT2D eigenvalue weighted by Gasteiger charge is -2.29. The van der Waals surface area contributed by atoms with Crippen molar-refractivity contribution in [3.63, 3.8) is 0 Å². The summed E-state index contributed by atoms with van der Waals surface area (Å²) in [5.74, 6) is 0.354. The van der Waals surface area contributed by atoms with E-state index in [4.69, 9.17) is 9.47 Å². The topological polar surface area (TPSA) is 55.8 Å². The molecular weight excluding hydrogens is 338 g/mol. The van der Waals surface area contributed by atoms with Crippen molar-refractivity contribution in [3.8, 4) is 5.75 Å². The van der Waals surface area contributed by atoms with Gasteiger partial charge in [0.2, 0.25) is 10.0 Å². The summed E-state index contributed by atoms with van der Waals surface area (Å²) in [5, 5.41) is 0. The number of benzene rings is 2. The summed E-state index contributed by atoms with van der Waals surface area (Å²) in [6.07, 6.45) is 0.548. The minimum Gasteiger partial charge on any atom is -0.495 e. The zero-order valence-corrected chi connectivity index (χ0v) is 15.5. The smallest absolute Gasteiger partial charge is 0.246 e. The molecule has 0 aliphatic carbocycles. The number of fused-ring (bicyclic) bond motifs is 1. The van der Waals surface area contributed by atoms with E-state index in [1.54, 1.807) is 19.2 Å². The highest BCUT2D eigenvalue weighted by Gasteiger charge is 2.29. The van der Waals surface area contributed by atoms with Crippen LogP contribution in [0.25, 0.3) is 0 Å². The number of methoxy groups -OCH3 is 1. The van der Waals surface area contributed by atoms with Gasteiger partial charge in [-0.05, 0) is 35.7 Å². The average molecular weight is 361 g/mol. The number of nitrogens with zero attached hydrogens (tertiary/aromatic N) is 1. The maximum absolute atomic E-state index is 13.0. The van der Waals surface area contributed by atoms with E-state index >= 15 is 0 Å². The number of ether oxygens (including phenoxy) is 2. The zero-order chi connectivity index (χ0) is 18.0. The number of aryl methyl sites for hydroxylation is 1. The second kappa shape index (κ2) is 7.15. The third-order valence-electron chi connectivity index (χ3n) is 4.51. The van der Waals surface area contributed by atoms with E-state index < -0.39 is 10.0 Å². The van der Waals surface area contributed by atoms with Crippen LogP contribution in [0, 0.1) is 6.92 Å². The summed E-state index contributed by atoms with van der Waals surface area (Å²) in [4.78, 5) is 0.189. The molecule has 0 aromatic heterocycles. The third kappa shape index (κ3) is 3.71. The van der Waals surface area contributed by atoms with E-state index in [2.05, 4.69) is 6.07 Å². The molecule has 5 nitrogen and oxygen atoms in total. The highest BCUT2D eigenvalue weighted by molar-refractivity contribution is 7.89. The summed E-state index contributed by atoms with van der Waals surface area (Å²) >= 11 is 0. The van der Waals surface area contributed by atoms with Crippen LogP contribution >= 0.6 is 0 Å². The van der Waals surface area contributed by atoms with Crippen molar-refractivity contribution in [2.75, 3.05) is 20.7 Å². The van der Waals surface area contributed by atoms with Gasteiger partial charge in [0, 0.05) is 20.0 Å². The van der Waals surface area contributed by atoms with Crippen molar-refractivity contribution >= 4 is 10.0 Å². The van der Waals surface area contributed by atoms with Gasteiger partial charge in [0.15, 0.2) is 0 Å². The molecule has 0 bridgehead atoms. The molecule has 0 N–H and O–H groups in total. The quantitative estimate of drug-likeness (QED) is 0.822. The first-order valence-electron chi connectivity index (χ1n) is 8.21.